The lowest BCUT2D eigenvalue weighted by molar-refractivity contribution is -0.141. The number of anilines is 1. The van der Waals surface area contributed by atoms with E-state index < -0.39 is 11.5 Å². The first-order chi connectivity index (χ1) is 6.98. The fourth-order valence-electron chi connectivity index (χ4n) is 1.37. The van der Waals surface area contributed by atoms with E-state index in [1.807, 2.05) is 19.2 Å². The monoisotopic (exact) mass is 228 g/mol. The van der Waals surface area contributed by atoms with Gasteiger partial charge in [0.05, 0.1) is 5.69 Å². The first-order valence-corrected chi connectivity index (χ1v) is 5.79. The van der Waals surface area contributed by atoms with Crippen LogP contribution in [0.4, 0.5) is 5.13 Å². The van der Waals surface area contributed by atoms with E-state index in [2.05, 4.69) is 10.3 Å². The molecule has 5 heteroatoms. The van der Waals surface area contributed by atoms with E-state index in [0.29, 0.717) is 11.6 Å². The smallest absolute Gasteiger partial charge is 0.329 e. The maximum absolute atomic E-state index is 11.1. The minimum absolute atomic E-state index is 0.584. The average molecular weight is 228 g/mol. The second kappa shape index (κ2) is 4.61. The standard InChI is InChI=1S/C10H16N2O2S/c1-4-5-10(3,8(13)14)12-9-11-7(2)6-15-9/h6H,4-5H2,1-3H3,(H,11,12)(H,13,14). The van der Waals surface area contributed by atoms with Crippen molar-refractivity contribution in [1.29, 1.82) is 0 Å². The van der Waals surface area contributed by atoms with E-state index >= 15 is 0 Å². The zero-order valence-electron chi connectivity index (χ0n) is 9.20. The number of carboxylic acid groups (broad SMARTS) is 1. The summed E-state index contributed by atoms with van der Waals surface area (Å²) in [6.07, 6.45) is 1.40. The molecule has 1 unspecified atom stereocenters. The molecule has 0 aromatic carbocycles. The highest BCUT2D eigenvalue weighted by molar-refractivity contribution is 7.13. The van der Waals surface area contributed by atoms with Crippen molar-refractivity contribution >= 4 is 22.4 Å². The van der Waals surface area contributed by atoms with Gasteiger partial charge in [-0.15, -0.1) is 11.3 Å². The summed E-state index contributed by atoms with van der Waals surface area (Å²) in [6, 6.07) is 0. The number of thiazole rings is 1. The van der Waals surface area contributed by atoms with Gasteiger partial charge < -0.3 is 10.4 Å². The summed E-state index contributed by atoms with van der Waals surface area (Å²) >= 11 is 1.43. The summed E-state index contributed by atoms with van der Waals surface area (Å²) < 4.78 is 0. The number of carboxylic acids is 1. The van der Waals surface area contributed by atoms with Crippen molar-refractivity contribution in [2.75, 3.05) is 5.32 Å². The number of aryl methyl sites for hydroxylation is 1. The predicted molar refractivity (Wildman–Crippen MR) is 61.4 cm³/mol. The SMILES string of the molecule is CCCC(C)(Nc1nc(C)cs1)C(=O)O. The fourth-order valence-corrected chi connectivity index (χ4v) is 2.19. The van der Waals surface area contributed by atoms with Crippen molar-refractivity contribution in [2.45, 2.75) is 39.2 Å². The van der Waals surface area contributed by atoms with Gasteiger partial charge in [-0.05, 0) is 20.3 Å². The molecule has 0 aliphatic carbocycles. The lowest BCUT2D eigenvalue weighted by atomic mass is 9.97. The molecule has 0 aliphatic rings. The number of carbonyl (C=O) groups is 1. The highest BCUT2D eigenvalue weighted by Gasteiger charge is 2.32. The molecule has 1 rings (SSSR count). The molecule has 0 spiro atoms. The lowest BCUT2D eigenvalue weighted by Gasteiger charge is -2.25. The highest BCUT2D eigenvalue weighted by Crippen LogP contribution is 2.23. The van der Waals surface area contributed by atoms with E-state index in [-0.39, 0.29) is 0 Å². The Balaban J connectivity index is 2.79. The summed E-state index contributed by atoms with van der Waals surface area (Å²) in [5.74, 6) is -0.836. The average Bonchev–Trinajstić information content (AvgIpc) is 2.51. The predicted octanol–water partition coefficient (Wildman–Crippen LogP) is 2.51. The maximum atomic E-state index is 11.1. The number of aromatic nitrogens is 1. The summed E-state index contributed by atoms with van der Waals surface area (Å²) in [6.45, 7) is 5.55. The number of rotatable bonds is 5. The second-order valence-corrected chi connectivity index (χ2v) is 4.66. The van der Waals surface area contributed by atoms with Gasteiger partial charge in [0, 0.05) is 5.38 Å². The van der Waals surface area contributed by atoms with Crippen LogP contribution in [0.25, 0.3) is 0 Å². The molecule has 0 radical (unpaired) electrons. The Morgan fingerprint density at radius 1 is 1.73 bits per heavy atom. The number of hydrogen-bond acceptors (Lipinski definition) is 4. The Labute approximate surface area is 93.4 Å². The van der Waals surface area contributed by atoms with Crippen molar-refractivity contribution in [3.8, 4) is 0 Å². The molecule has 0 aliphatic heterocycles. The Bertz CT molecular complexity index is 351. The first kappa shape index (κ1) is 12.0. The fraction of sp³-hybridized carbons (Fsp3) is 0.600. The molecule has 0 saturated carbocycles. The first-order valence-electron chi connectivity index (χ1n) is 4.91. The van der Waals surface area contributed by atoms with E-state index in [0.717, 1.165) is 12.1 Å². The van der Waals surface area contributed by atoms with Gasteiger partial charge in [-0.2, -0.15) is 0 Å². The summed E-state index contributed by atoms with van der Waals surface area (Å²) in [7, 11) is 0. The topological polar surface area (TPSA) is 62.2 Å². The number of hydrogen-bond donors (Lipinski definition) is 2. The number of aliphatic carboxylic acids is 1. The van der Waals surface area contributed by atoms with Gasteiger partial charge in [-0.1, -0.05) is 13.3 Å². The zero-order chi connectivity index (χ0) is 11.5. The van der Waals surface area contributed by atoms with Crippen LogP contribution in [0, 0.1) is 6.92 Å². The van der Waals surface area contributed by atoms with Gasteiger partial charge in [-0.3, -0.25) is 0 Å². The van der Waals surface area contributed by atoms with Gasteiger partial charge in [0.1, 0.15) is 5.54 Å². The van der Waals surface area contributed by atoms with Crippen LogP contribution in [0.15, 0.2) is 5.38 Å². The van der Waals surface area contributed by atoms with Crippen LogP contribution in [0.2, 0.25) is 0 Å². The minimum Gasteiger partial charge on any atom is -0.480 e. The summed E-state index contributed by atoms with van der Waals surface area (Å²) in [5.41, 5.74) is -0.00860. The van der Waals surface area contributed by atoms with E-state index in [4.69, 9.17) is 5.11 Å². The Morgan fingerprint density at radius 2 is 2.40 bits per heavy atom. The van der Waals surface area contributed by atoms with E-state index in [9.17, 15) is 4.79 Å². The quantitative estimate of drug-likeness (QED) is 0.812. The maximum Gasteiger partial charge on any atom is 0.329 e. The summed E-state index contributed by atoms with van der Waals surface area (Å²) in [4.78, 5) is 15.3. The highest BCUT2D eigenvalue weighted by atomic mass is 32.1. The molecule has 15 heavy (non-hydrogen) atoms. The van der Waals surface area contributed by atoms with Crippen LogP contribution in [-0.2, 0) is 4.79 Å². The molecule has 1 aromatic rings. The van der Waals surface area contributed by atoms with E-state index in [1.54, 1.807) is 6.92 Å². The zero-order valence-corrected chi connectivity index (χ0v) is 10.0. The van der Waals surface area contributed by atoms with Gasteiger partial charge in [0.25, 0.3) is 0 Å². The van der Waals surface area contributed by atoms with Crippen molar-refractivity contribution in [3.05, 3.63) is 11.1 Å². The van der Waals surface area contributed by atoms with Crippen LogP contribution < -0.4 is 5.32 Å². The summed E-state index contributed by atoms with van der Waals surface area (Å²) in [5, 5.41) is 14.7. The normalized spacial score (nSPS) is 14.6. The van der Waals surface area contributed by atoms with Crippen molar-refractivity contribution in [3.63, 3.8) is 0 Å². The van der Waals surface area contributed by atoms with Crippen LogP contribution >= 0.6 is 11.3 Å². The largest absolute Gasteiger partial charge is 0.480 e. The molecular weight excluding hydrogens is 212 g/mol. The molecule has 84 valence electrons. The lowest BCUT2D eigenvalue weighted by Crippen LogP contribution is -2.43. The van der Waals surface area contributed by atoms with Crippen LogP contribution in [-0.4, -0.2) is 21.6 Å². The van der Waals surface area contributed by atoms with Gasteiger partial charge in [0.2, 0.25) is 0 Å². The van der Waals surface area contributed by atoms with Crippen molar-refractivity contribution in [2.24, 2.45) is 0 Å². The van der Waals surface area contributed by atoms with Crippen molar-refractivity contribution < 1.29 is 9.90 Å². The third kappa shape index (κ3) is 2.92. The number of nitrogens with one attached hydrogen (secondary N) is 1. The Hall–Kier alpha value is -1.10. The molecule has 0 amide bonds. The number of nitrogens with zero attached hydrogens (tertiary/aromatic N) is 1. The van der Waals surface area contributed by atoms with Crippen LogP contribution in [0.1, 0.15) is 32.4 Å². The molecule has 4 nitrogen and oxygen atoms in total. The van der Waals surface area contributed by atoms with Gasteiger partial charge >= 0.3 is 5.97 Å². The molecule has 0 fully saturated rings. The van der Waals surface area contributed by atoms with Crippen LogP contribution in [0.3, 0.4) is 0 Å². The minimum atomic E-state index is -0.918. The van der Waals surface area contributed by atoms with Crippen molar-refractivity contribution in [1.82, 2.24) is 4.98 Å². The third-order valence-electron chi connectivity index (χ3n) is 2.22. The molecule has 0 saturated heterocycles. The third-order valence-corrected chi connectivity index (χ3v) is 3.10. The second-order valence-electron chi connectivity index (χ2n) is 3.81. The molecular formula is C10H16N2O2S. The van der Waals surface area contributed by atoms with Gasteiger partial charge in [0.15, 0.2) is 5.13 Å². The molecule has 0 bridgehead atoms. The Morgan fingerprint density at radius 3 is 2.80 bits per heavy atom. The molecule has 2 N–H and O–H groups in total. The molecule has 1 aromatic heterocycles. The molecule has 1 heterocycles. The van der Waals surface area contributed by atoms with E-state index in [1.165, 1.54) is 11.3 Å². The van der Waals surface area contributed by atoms with Crippen LogP contribution in [0.5, 0.6) is 0 Å². The van der Waals surface area contributed by atoms with Gasteiger partial charge in [-0.25, -0.2) is 9.78 Å². The Kier molecular flexibility index (Phi) is 3.68. The molecule has 1 atom stereocenters.